The molecule has 31 heavy (non-hydrogen) atoms. The minimum Gasteiger partial charge on any atom is -0.368 e. The van der Waals surface area contributed by atoms with Crippen LogP contribution >= 0.6 is 7.60 Å². The van der Waals surface area contributed by atoms with Crippen LogP contribution in [0.15, 0.2) is 54.6 Å². The molecule has 4 nitrogen and oxygen atoms in total. The highest BCUT2D eigenvalue weighted by Crippen LogP contribution is 2.64. The van der Waals surface area contributed by atoms with Gasteiger partial charge < -0.3 is 14.4 Å². The van der Waals surface area contributed by atoms with Crippen LogP contribution in [0.3, 0.4) is 0 Å². The average molecular weight is 446 g/mol. The molecule has 2 aliphatic rings. The Morgan fingerprint density at radius 3 is 1.84 bits per heavy atom. The van der Waals surface area contributed by atoms with E-state index in [4.69, 9.17) is 9.05 Å². The van der Waals surface area contributed by atoms with Crippen LogP contribution in [0.5, 0.6) is 0 Å². The highest BCUT2D eigenvalue weighted by atomic mass is 31.2. The number of nitrogens with one attached hydrogen (secondary N) is 1. The second kappa shape index (κ2) is 10.8. The number of hydrogen-bond acceptors (Lipinski definition) is 4. The Hall–Kier alpha value is -1.68. The van der Waals surface area contributed by atoms with Crippen molar-refractivity contribution in [2.24, 2.45) is 0 Å². The lowest BCUT2D eigenvalue weighted by Crippen LogP contribution is -2.25. The van der Waals surface area contributed by atoms with Gasteiger partial charge >= 0.3 is 7.60 Å². The van der Waals surface area contributed by atoms with Gasteiger partial charge in [-0.1, -0.05) is 74.9 Å². The molecule has 4 rings (SSSR count). The molecular formula is C25H33FNO3P. The molecule has 0 heterocycles. The maximum Gasteiger partial charge on any atom is 0.357 e. The monoisotopic (exact) mass is 445 g/mol. The van der Waals surface area contributed by atoms with Crippen LogP contribution in [0.1, 0.15) is 75.6 Å². The molecule has 0 radical (unpaired) electrons. The fourth-order valence-electron chi connectivity index (χ4n) is 4.62. The Bertz CT molecular complexity index is 842. The largest absolute Gasteiger partial charge is 0.368 e. The summed E-state index contributed by atoms with van der Waals surface area (Å²) in [6, 6.07) is 16.0. The van der Waals surface area contributed by atoms with Gasteiger partial charge in [-0.3, -0.25) is 4.57 Å². The third-order valence-electron chi connectivity index (χ3n) is 6.29. The predicted molar refractivity (Wildman–Crippen MR) is 123 cm³/mol. The van der Waals surface area contributed by atoms with E-state index in [0.717, 1.165) is 57.1 Å². The molecule has 2 aromatic carbocycles. The highest BCUT2D eigenvalue weighted by Gasteiger charge is 2.43. The minimum absolute atomic E-state index is 0.116. The molecule has 0 bridgehead atoms. The molecule has 0 spiro atoms. The van der Waals surface area contributed by atoms with Gasteiger partial charge in [0.25, 0.3) is 0 Å². The first-order valence-electron chi connectivity index (χ1n) is 11.7. The molecule has 1 atom stereocenters. The van der Waals surface area contributed by atoms with Gasteiger partial charge in [-0.15, -0.1) is 0 Å². The smallest absolute Gasteiger partial charge is 0.357 e. The van der Waals surface area contributed by atoms with Crippen molar-refractivity contribution < 1.29 is 18.0 Å². The van der Waals surface area contributed by atoms with Crippen molar-refractivity contribution in [2.75, 3.05) is 5.32 Å². The minimum atomic E-state index is -3.73. The number of anilines is 1. The highest BCUT2D eigenvalue weighted by molar-refractivity contribution is 7.54. The lowest BCUT2D eigenvalue weighted by atomic mass is 9.98. The summed E-state index contributed by atoms with van der Waals surface area (Å²) in [6.45, 7) is 0. The van der Waals surface area contributed by atoms with Gasteiger partial charge in [0.05, 0.1) is 12.2 Å². The Morgan fingerprint density at radius 2 is 1.29 bits per heavy atom. The van der Waals surface area contributed by atoms with Crippen LogP contribution in [-0.2, 0) is 13.6 Å². The van der Waals surface area contributed by atoms with E-state index in [-0.39, 0.29) is 12.2 Å². The maximum absolute atomic E-state index is 15.0. The molecule has 1 unspecified atom stereocenters. The topological polar surface area (TPSA) is 47.6 Å². The third kappa shape index (κ3) is 5.97. The van der Waals surface area contributed by atoms with Crippen molar-refractivity contribution in [1.82, 2.24) is 0 Å². The summed E-state index contributed by atoms with van der Waals surface area (Å²) in [7, 11) is -3.73. The lowest BCUT2D eigenvalue weighted by molar-refractivity contribution is 0.0756. The molecule has 0 amide bonds. The number of para-hydroxylation sites is 1. The Balaban J connectivity index is 1.70. The molecule has 0 aromatic heterocycles. The first-order valence-corrected chi connectivity index (χ1v) is 13.3. The summed E-state index contributed by atoms with van der Waals surface area (Å²) < 4.78 is 42.2. The van der Waals surface area contributed by atoms with Crippen LogP contribution in [0.25, 0.3) is 0 Å². The molecule has 168 valence electrons. The van der Waals surface area contributed by atoms with E-state index >= 15 is 0 Å². The average Bonchev–Trinajstić information content (AvgIpc) is 2.80. The van der Waals surface area contributed by atoms with E-state index < -0.39 is 19.2 Å². The number of benzene rings is 2. The van der Waals surface area contributed by atoms with Gasteiger partial charge in [0.15, 0.2) is 5.78 Å². The van der Waals surface area contributed by atoms with Crippen molar-refractivity contribution in [2.45, 2.75) is 82.2 Å². The zero-order valence-electron chi connectivity index (χ0n) is 18.0. The van der Waals surface area contributed by atoms with Crippen molar-refractivity contribution in [1.29, 1.82) is 0 Å². The summed E-state index contributed by atoms with van der Waals surface area (Å²) >= 11 is 0. The van der Waals surface area contributed by atoms with Crippen molar-refractivity contribution in [3.63, 3.8) is 0 Å². The van der Waals surface area contributed by atoms with Crippen LogP contribution in [0.2, 0.25) is 0 Å². The zero-order chi connectivity index (χ0) is 21.5. The van der Waals surface area contributed by atoms with Gasteiger partial charge in [0.1, 0.15) is 5.82 Å². The predicted octanol–water partition coefficient (Wildman–Crippen LogP) is 7.83. The van der Waals surface area contributed by atoms with Crippen LogP contribution in [0, 0.1) is 5.82 Å². The fourth-order valence-corrected chi connectivity index (χ4v) is 7.02. The van der Waals surface area contributed by atoms with Crippen LogP contribution in [-0.4, -0.2) is 12.2 Å². The quantitative estimate of drug-likeness (QED) is 0.421. The van der Waals surface area contributed by atoms with Gasteiger partial charge in [-0.2, -0.15) is 0 Å². The third-order valence-corrected chi connectivity index (χ3v) is 8.51. The van der Waals surface area contributed by atoms with Crippen LogP contribution < -0.4 is 5.32 Å². The summed E-state index contributed by atoms with van der Waals surface area (Å²) in [5.41, 5.74) is 1.08. The lowest BCUT2D eigenvalue weighted by Gasteiger charge is -2.36. The summed E-state index contributed by atoms with van der Waals surface area (Å²) in [5.74, 6) is -1.31. The van der Waals surface area contributed by atoms with Crippen LogP contribution in [0.4, 0.5) is 10.1 Å². The van der Waals surface area contributed by atoms with E-state index in [2.05, 4.69) is 5.32 Å². The maximum atomic E-state index is 15.0. The number of halogens is 1. The number of rotatable bonds is 8. The second-order valence-corrected chi connectivity index (χ2v) is 10.7. The molecule has 6 heteroatoms. The molecule has 2 fully saturated rings. The molecular weight excluding hydrogens is 412 g/mol. The van der Waals surface area contributed by atoms with Gasteiger partial charge in [-0.25, -0.2) is 4.39 Å². The van der Waals surface area contributed by atoms with Gasteiger partial charge in [0, 0.05) is 11.3 Å². The van der Waals surface area contributed by atoms with E-state index in [1.165, 1.54) is 18.9 Å². The van der Waals surface area contributed by atoms with Crippen molar-refractivity contribution in [3.05, 3.63) is 66.0 Å². The summed E-state index contributed by atoms with van der Waals surface area (Å²) in [4.78, 5) is 0. The molecule has 0 aliphatic heterocycles. The van der Waals surface area contributed by atoms with E-state index in [0.29, 0.717) is 5.56 Å². The van der Waals surface area contributed by atoms with E-state index in [1.807, 2.05) is 30.3 Å². The fraction of sp³-hybridized carbons (Fsp3) is 0.520. The van der Waals surface area contributed by atoms with E-state index in [9.17, 15) is 8.96 Å². The summed E-state index contributed by atoms with van der Waals surface area (Å²) in [6.07, 6.45) is 9.83. The Labute approximate surface area is 185 Å². The normalized spacial score (nSPS) is 19.8. The molecule has 2 saturated carbocycles. The standard InChI is InChI=1S/C25H33FNO3P/c26-24-19-11-10-18-23(24)25(27-20-12-4-1-5-13-20)31(28,29-21-14-6-2-7-15-21)30-22-16-8-3-9-17-22/h1,4-5,10-13,18-19,21-22,25,27H,2-3,6-9,14-17H2. The first-order chi connectivity index (χ1) is 15.1. The second-order valence-electron chi connectivity index (χ2n) is 8.71. The van der Waals surface area contributed by atoms with E-state index in [1.54, 1.807) is 18.2 Å². The molecule has 2 aromatic rings. The summed E-state index contributed by atoms with van der Waals surface area (Å²) in [5, 5.41) is 3.30. The first kappa shape index (κ1) is 22.5. The zero-order valence-corrected chi connectivity index (χ0v) is 18.9. The Kier molecular flexibility index (Phi) is 7.81. The molecule has 1 N–H and O–H groups in total. The van der Waals surface area contributed by atoms with Crippen molar-refractivity contribution >= 4 is 13.3 Å². The van der Waals surface area contributed by atoms with Gasteiger partial charge in [0.2, 0.25) is 0 Å². The molecule has 0 saturated heterocycles. The van der Waals surface area contributed by atoms with Crippen molar-refractivity contribution in [3.8, 4) is 0 Å². The van der Waals surface area contributed by atoms with Gasteiger partial charge in [-0.05, 0) is 43.9 Å². The SMILES string of the molecule is O=P(OC1CCCCC1)(OC1CCCCC1)C(Nc1ccccc1)c1ccccc1F. The Morgan fingerprint density at radius 1 is 0.774 bits per heavy atom. The molecule has 2 aliphatic carbocycles. The number of hydrogen-bond donors (Lipinski definition) is 1.